The molecule has 0 N–H and O–H groups in total. The van der Waals surface area contributed by atoms with Gasteiger partial charge in [-0.1, -0.05) is 24.3 Å². The van der Waals surface area contributed by atoms with E-state index < -0.39 is 0 Å². The second kappa shape index (κ2) is 6.12. The molecule has 0 aliphatic heterocycles. The van der Waals surface area contributed by atoms with E-state index in [1.54, 1.807) is 23.0 Å². The molecule has 4 heteroatoms. The van der Waals surface area contributed by atoms with Crippen LogP contribution in [0.1, 0.15) is 5.56 Å². The third-order valence-electron chi connectivity index (χ3n) is 3.47. The zero-order chi connectivity index (χ0) is 15.5. The molecule has 0 aliphatic carbocycles. The largest absolute Gasteiger partial charge is 0.305 e. The van der Waals surface area contributed by atoms with Gasteiger partial charge in [0, 0.05) is 12.1 Å². The van der Waals surface area contributed by atoms with Gasteiger partial charge in [0.2, 0.25) is 0 Å². The smallest absolute Gasteiger partial charge is 0.132 e. The summed E-state index contributed by atoms with van der Waals surface area (Å²) in [7, 11) is 4.08. The molecule has 1 heterocycles. The number of rotatable bonds is 4. The summed E-state index contributed by atoms with van der Waals surface area (Å²) in [5, 5.41) is 4.33. The van der Waals surface area contributed by atoms with Crippen LogP contribution in [0, 0.1) is 5.82 Å². The highest BCUT2D eigenvalue weighted by Crippen LogP contribution is 2.25. The monoisotopic (exact) mass is 295 g/mol. The molecule has 112 valence electrons. The van der Waals surface area contributed by atoms with Crippen LogP contribution >= 0.6 is 0 Å². The molecule has 0 fully saturated rings. The second-order valence-electron chi connectivity index (χ2n) is 5.51. The number of benzene rings is 2. The van der Waals surface area contributed by atoms with Gasteiger partial charge in [0.1, 0.15) is 5.82 Å². The van der Waals surface area contributed by atoms with Crippen molar-refractivity contribution in [3.05, 3.63) is 72.2 Å². The fraction of sp³-hybridized carbons (Fsp3) is 0.167. The van der Waals surface area contributed by atoms with Crippen molar-refractivity contribution in [2.75, 3.05) is 14.1 Å². The summed E-state index contributed by atoms with van der Waals surface area (Å²) in [4.78, 5) is 2.12. The van der Waals surface area contributed by atoms with E-state index in [1.807, 2.05) is 38.4 Å². The van der Waals surface area contributed by atoms with Crippen LogP contribution in [0.25, 0.3) is 16.9 Å². The molecule has 0 aliphatic rings. The van der Waals surface area contributed by atoms with Crippen LogP contribution in [0.15, 0.2) is 60.8 Å². The molecule has 0 radical (unpaired) electrons. The van der Waals surface area contributed by atoms with E-state index in [4.69, 9.17) is 0 Å². The van der Waals surface area contributed by atoms with Crippen LogP contribution in [0.5, 0.6) is 0 Å². The van der Waals surface area contributed by atoms with Gasteiger partial charge in [0.05, 0.1) is 17.6 Å². The first-order valence-corrected chi connectivity index (χ1v) is 7.18. The summed E-state index contributed by atoms with van der Waals surface area (Å²) in [5.41, 5.74) is 3.45. The van der Waals surface area contributed by atoms with E-state index >= 15 is 0 Å². The Kier molecular flexibility index (Phi) is 4.02. The molecule has 1 aromatic heterocycles. The molecule has 3 rings (SSSR count). The van der Waals surface area contributed by atoms with Crippen molar-refractivity contribution in [1.29, 1.82) is 0 Å². The maximum atomic E-state index is 14.0. The molecule has 22 heavy (non-hydrogen) atoms. The van der Waals surface area contributed by atoms with Gasteiger partial charge in [-0.3, -0.25) is 0 Å². The maximum absolute atomic E-state index is 14.0. The van der Waals surface area contributed by atoms with E-state index in [1.165, 1.54) is 11.6 Å². The van der Waals surface area contributed by atoms with Crippen LogP contribution in [0.3, 0.4) is 0 Å². The van der Waals surface area contributed by atoms with E-state index in [0.29, 0.717) is 5.56 Å². The molecule has 0 saturated heterocycles. The predicted molar refractivity (Wildman–Crippen MR) is 86.3 cm³/mol. The molecule has 0 bridgehead atoms. The average molecular weight is 295 g/mol. The maximum Gasteiger partial charge on any atom is 0.132 e. The molecule has 0 atom stereocenters. The Hall–Kier alpha value is -2.46. The molecule has 0 amide bonds. The molecule has 0 spiro atoms. The minimum Gasteiger partial charge on any atom is -0.305 e. The van der Waals surface area contributed by atoms with Crippen molar-refractivity contribution in [1.82, 2.24) is 14.7 Å². The highest BCUT2D eigenvalue weighted by atomic mass is 19.1. The average Bonchev–Trinajstić information content (AvgIpc) is 2.97. The summed E-state index contributed by atoms with van der Waals surface area (Å²) in [6.07, 6.45) is 1.69. The van der Waals surface area contributed by atoms with Gasteiger partial charge in [-0.05, 0) is 50.0 Å². The molecule has 0 saturated carbocycles. The molecular weight excluding hydrogens is 277 g/mol. The van der Waals surface area contributed by atoms with Gasteiger partial charge in [0.15, 0.2) is 0 Å². The van der Waals surface area contributed by atoms with Crippen LogP contribution < -0.4 is 0 Å². The van der Waals surface area contributed by atoms with Crippen LogP contribution in [-0.2, 0) is 6.54 Å². The van der Waals surface area contributed by atoms with Crippen LogP contribution in [-0.4, -0.2) is 28.8 Å². The van der Waals surface area contributed by atoms with E-state index in [2.05, 4.69) is 22.1 Å². The standard InChI is InChI=1S/C18H18FN3/c1-21(2)13-14-7-9-15(10-8-14)22-18(11-12-20-22)16-5-3-4-6-17(16)19/h3-12H,13H2,1-2H3. The lowest BCUT2D eigenvalue weighted by molar-refractivity contribution is 0.402. The topological polar surface area (TPSA) is 21.1 Å². The van der Waals surface area contributed by atoms with Crippen molar-refractivity contribution in [2.45, 2.75) is 6.54 Å². The highest BCUT2D eigenvalue weighted by molar-refractivity contribution is 5.62. The van der Waals surface area contributed by atoms with E-state index in [-0.39, 0.29) is 5.82 Å². The quantitative estimate of drug-likeness (QED) is 0.731. The van der Waals surface area contributed by atoms with Gasteiger partial charge >= 0.3 is 0 Å². The molecule has 3 nitrogen and oxygen atoms in total. The Morgan fingerprint density at radius 3 is 2.41 bits per heavy atom. The second-order valence-corrected chi connectivity index (χ2v) is 5.51. The summed E-state index contributed by atoms with van der Waals surface area (Å²) < 4.78 is 15.8. The highest BCUT2D eigenvalue weighted by Gasteiger charge is 2.11. The van der Waals surface area contributed by atoms with Crippen molar-refractivity contribution in [2.24, 2.45) is 0 Å². The predicted octanol–water partition coefficient (Wildman–Crippen LogP) is 3.74. The van der Waals surface area contributed by atoms with Crippen LogP contribution in [0.4, 0.5) is 4.39 Å². The minimum atomic E-state index is -0.242. The normalized spacial score (nSPS) is 11.1. The van der Waals surface area contributed by atoms with Gasteiger partial charge in [-0.2, -0.15) is 5.10 Å². The SMILES string of the molecule is CN(C)Cc1ccc(-n2nccc2-c2ccccc2F)cc1. The lowest BCUT2D eigenvalue weighted by Gasteiger charge is -2.12. The van der Waals surface area contributed by atoms with Gasteiger partial charge in [-0.25, -0.2) is 9.07 Å². The Labute approximate surface area is 129 Å². The lowest BCUT2D eigenvalue weighted by Crippen LogP contribution is -2.10. The van der Waals surface area contributed by atoms with Crippen LogP contribution in [0.2, 0.25) is 0 Å². The first kappa shape index (κ1) is 14.5. The Balaban J connectivity index is 1.97. The Morgan fingerprint density at radius 1 is 1.00 bits per heavy atom. The third kappa shape index (κ3) is 2.92. The minimum absolute atomic E-state index is 0.242. The molecule has 2 aromatic carbocycles. The summed E-state index contributed by atoms with van der Waals surface area (Å²) in [6.45, 7) is 0.888. The third-order valence-corrected chi connectivity index (χ3v) is 3.47. The summed E-state index contributed by atoms with van der Waals surface area (Å²) >= 11 is 0. The summed E-state index contributed by atoms with van der Waals surface area (Å²) in [6, 6.07) is 16.7. The fourth-order valence-corrected chi connectivity index (χ4v) is 2.49. The van der Waals surface area contributed by atoms with Crippen molar-refractivity contribution < 1.29 is 4.39 Å². The molecule has 0 unspecified atom stereocenters. The number of aromatic nitrogens is 2. The Morgan fingerprint density at radius 2 is 1.73 bits per heavy atom. The zero-order valence-electron chi connectivity index (χ0n) is 12.7. The van der Waals surface area contributed by atoms with Gasteiger partial charge < -0.3 is 4.90 Å². The zero-order valence-corrected chi connectivity index (χ0v) is 12.7. The van der Waals surface area contributed by atoms with E-state index in [0.717, 1.165) is 17.9 Å². The molecular formula is C18H18FN3. The van der Waals surface area contributed by atoms with Gasteiger partial charge in [-0.15, -0.1) is 0 Å². The Bertz CT molecular complexity index is 760. The van der Waals surface area contributed by atoms with E-state index in [9.17, 15) is 4.39 Å². The molecule has 3 aromatic rings. The van der Waals surface area contributed by atoms with Gasteiger partial charge in [0.25, 0.3) is 0 Å². The number of nitrogens with zero attached hydrogens (tertiary/aromatic N) is 3. The lowest BCUT2D eigenvalue weighted by atomic mass is 10.1. The fourth-order valence-electron chi connectivity index (χ4n) is 2.49. The number of hydrogen-bond acceptors (Lipinski definition) is 2. The number of hydrogen-bond donors (Lipinski definition) is 0. The first-order valence-electron chi connectivity index (χ1n) is 7.18. The van der Waals surface area contributed by atoms with Crippen molar-refractivity contribution >= 4 is 0 Å². The van der Waals surface area contributed by atoms with Crippen molar-refractivity contribution in [3.8, 4) is 16.9 Å². The first-order chi connectivity index (χ1) is 10.6. The number of halogens is 1. The summed E-state index contributed by atoms with van der Waals surface area (Å²) in [5.74, 6) is -0.242. The van der Waals surface area contributed by atoms with Crippen molar-refractivity contribution in [3.63, 3.8) is 0 Å².